The molecule has 1 aliphatic heterocycles. The van der Waals surface area contributed by atoms with E-state index >= 15 is 0 Å². The minimum absolute atomic E-state index is 0.0353. The molecule has 0 atom stereocenters. The molecule has 0 radical (unpaired) electrons. The van der Waals surface area contributed by atoms with E-state index in [4.69, 9.17) is 17.0 Å². The van der Waals surface area contributed by atoms with Gasteiger partial charge in [0.05, 0.1) is 12.0 Å². The maximum absolute atomic E-state index is 12.6. The van der Waals surface area contributed by atoms with Crippen LogP contribution in [0.3, 0.4) is 0 Å². The van der Waals surface area contributed by atoms with E-state index in [0.29, 0.717) is 15.8 Å². The third-order valence-electron chi connectivity index (χ3n) is 3.77. The van der Waals surface area contributed by atoms with Gasteiger partial charge < -0.3 is 4.74 Å². The fourth-order valence-corrected chi connectivity index (χ4v) is 3.80. The molecule has 0 bridgehead atoms. The summed E-state index contributed by atoms with van der Waals surface area (Å²) >= 11 is 6.73. The first-order valence-electron chi connectivity index (χ1n) is 7.61. The molecule has 0 saturated carbocycles. The molecule has 0 aromatic heterocycles. The zero-order valence-electron chi connectivity index (χ0n) is 13.3. The van der Waals surface area contributed by atoms with Gasteiger partial charge in [0, 0.05) is 12.1 Å². The Morgan fingerprint density at radius 3 is 2.58 bits per heavy atom. The molecule has 5 heteroatoms. The minimum atomic E-state index is -0.0353. The minimum Gasteiger partial charge on any atom is -0.496 e. The first kappa shape index (κ1) is 16.7. The van der Waals surface area contributed by atoms with Gasteiger partial charge in [0.1, 0.15) is 10.1 Å². The summed E-state index contributed by atoms with van der Waals surface area (Å²) in [7, 11) is 1.62. The molecule has 1 amide bonds. The standard InChI is InChI=1S/C19H17NO2S2/c1-22-16-10-6-5-9-15(16)13-17-18(21)20(19(23)24-17)12-11-14-7-3-2-4-8-14/h2-10,13H,11-12H2,1H3/b17-13-. The summed E-state index contributed by atoms with van der Waals surface area (Å²) in [4.78, 5) is 15.0. The third kappa shape index (κ3) is 3.68. The number of amides is 1. The number of thioether (sulfide) groups is 1. The van der Waals surface area contributed by atoms with Gasteiger partial charge in [-0.25, -0.2) is 0 Å². The van der Waals surface area contributed by atoms with Gasteiger partial charge in [0.15, 0.2) is 0 Å². The molecule has 3 rings (SSSR count). The number of nitrogens with zero attached hydrogens (tertiary/aromatic N) is 1. The van der Waals surface area contributed by atoms with Crippen LogP contribution in [0.15, 0.2) is 59.5 Å². The van der Waals surface area contributed by atoms with Crippen LogP contribution in [0, 0.1) is 0 Å². The van der Waals surface area contributed by atoms with Gasteiger partial charge in [0.25, 0.3) is 5.91 Å². The normalized spacial score (nSPS) is 16.0. The highest BCUT2D eigenvalue weighted by Crippen LogP contribution is 2.34. The molecule has 2 aromatic carbocycles. The molecule has 2 aromatic rings. The molecule has 0 unspecified atom stereocenters. The van der Waals surface area contributed by atoms with Gasteiger partial charge in [-0.05, 0) is 24.1 Å². The first-order chi connectivity index (χ1) is 11.7. The van der Waals surface area contributed by atoms with E-state index in [1.54, 1.807) is 12.0 Å². The Hall–Kier alpha value is -2.11. The van der Waals surface area contributed by atoms with Crippen molar-refractivity contribution in [3.63, 3.8) is 0 Å². The number of rotatable bonds is 5. The molecule has 1 fully saturated rings. The molecule has 0 aliphatic carbocycles. The van der Waals surface area contributed by atoms with E-state index in [1.807, 2.05) is 48.5 Å². The van der Waals surface area contributed by atoms with Gasteiger partial charge in [-0.1, -0.05) is 72.5 Å². The van der Waals surface area contributed by atoms with Gasteiger partial charge in [-0.15, -0.1) is 0 Å². The average Bonchev–Trinajstić information content (AvgIpc) is 2.88. The van der Waals surface area contributed by atoms with Crippen molar-refractivity contribution in [2.24, 2.45) is 0 Å². The SMILES string of the molecule is COc1ccccc1/C=C1\SC(=S)N(CCc2ccccc2)C1=O. The summed E-state index contributed by atoms with van der Waals surface area (Å²) in [6.07, 6.45) is 2.63. The van der Waals surface area contributed by atoms with Crippen LogP contribution in [-0.4, -0.2) is 28.8 Å². The molecular weight excluding hydrogens is 338 g/mol. The highest BCUT2D eigenvalue weighted by atomic mass is 32.2. The predicted octanol–water partition coefficient (Wildman–Crippen LogP) is 4.14. The van der Waals surface area contributed by atoms with Crippen molar-refractivity contribution in [3.8, 4) is 5.75 Å². The smallest absolute Gasteiger partial charge is 0.266 e. The van der Waals surface area contributed by atoms with E-state index in [0.717, 1.165) is 17.7 Å². The Labute approximate surface area is 151 Å². The van der Waals surface area contributed by atoms with E-state index in [-0.39, 0.29) is 5.91 Å². The van der Waals surface area contributed by atoms with E-state index in [2.05, 4.69) is 12.1 Å². The second-order valence-electron chi connectivity index (χ2n) is 5.31. The van der Waals surface area contributed by atoms with Crippen molar-refractivity contribution >= 4 is 40.3 Å². The molecule has 1 heterocycles. The maximum atomic E-state index is 12.6. The van der Waals surface area contributed by atoms with E-state index in [9.17, 15) is 4.79 Å². The summed E-state index contributed by atoms with van der Waals surface area (Å²) in [5, 5.41) is 0. The van der Waals surface area contributed by atoms with E-state index in [1.165, 1.54) is 17.3 Å². The van der Waals surface area contributed by atoms with Crippen LogP contribution in [0.1, 0.15) is 11.1 Å². The Kier molecular flexibility index (Phi) is 5.33. The van der Waals surface area contributed by atoms with E-state index < -0.39 is 0 Å². The number of carbonyl (C=O) groups excluding carboxylic acids is 1. The lowest BCUT2D eigenvalue weighted by atomic mass is 10.1. The molecule has 1 saturated heterocycles. The van der Waals surface area contributed by atoms with Crippen molar-refractivity contribution in [1.82, 2.24) is 4.90 Å². The van der Waals surface area contributed by atoms with Crippen molar-refractivity contribution in [3.05, 3.63) is 70.6 Å². The second-order valence-corrected chi connectivity index (χ2v) is 6.99. The van der Waals surface area contributed by atoms with Crippen LogP contribution < -0.4 is 4.74 Å². The number of para-hydroxylation sites is 1. The monoisotopic (exact) mass is 355 g/mol. The Bertz CT molecular complexity index is 787. The number of hydrogen-bond donors (Lipinski definition) is 0. The molecule has 0 N–H and O–H groups in total. The molecule has 0 spiro atoms. The molecule has 3 nitrogen and oxygen atoms in total. The lowest BCUT2D eigenvalue weighted by Crippen LogP contribution is -2.30. The van der Waals surface area contributed by atoms with Gasteiger partial charge in [0.2, 0.25) is 0 Å². The fourth-order valence-electron chi connectivity index (χ4n) is 2.51. The molecule has 122 valence electrons. The van der Waals surface area contributed by atoms with Gasteiger partial charge in [-0.2, -0.15) is 0 Å². The van der Waals surface area contributed by atoms with Gasteiger partial charge >= 0.3 is 0 Å². The summed E-state index contributed by atoms with van der Waals surface area (Å²) in [6.45, 7) is 0.595. The Balaban J connectivity index is 1.75. The van der Waals surface area contributed by atoms with Crippen molar-refractivity contribution in [2.75, 3.05) is 13.7 Å². The van der Waals surface area contributed by atoms with Crippen LogP contribution >= 0.6 is 24.0 Å². The number of methoxy groups -OCH3 is 1. The lowest BCUT2D eigenvalue weighted by Gasteiger charge is -2.14. The largest absolute Gasteiger partial charge is 0.496 e. The lowest BCUT2D eigenvalue weighted by molar-refractivity contribution is -0.122. The number of ether oxygens (including phenoxy) is 1. The molecule has 1 aliphatic rings. The highest BCUT2D eigenvalue weighted by Gasteiger charge is 2.31. The number of benzene rings is 2. The molecule has 24 heavy (non-hydrogen) atoms. The topological polar surface area (TPSA) is 29.5 Å². The van der Waals surface area contributed by atoms with Crippen LogP contribution in [0.4, 0.5) is 0 Å². The average molecular weight is 355 g/mol. The second kappa shape index (κ2) is 7.64. The van der Waals surface area contributed by atoms with Gasteiger partial charge in [-0.3, -0.25) is 9.69 Å². The highest BCUT2D eigenvalue weighted by molar-refractivity contribution is 8.26. The summed E-state index contributed by atoms with van der Waals surface area (Å²) in [5.41, 5.74) is 2.07. The zero-order valence-corrected chi connectivity index (χ0v) is 14.9. The maximum Gasteiger partial charge on any atom is 0.266 e. The van der Waals surface area contributed by atoms with Crippen molar-refractivity contribution < 1.29 is 9.53 Å². The summed E-state index contributed by atoms with van der Waals surface area (Å²) < 4.78 is 5.95. The van der Waals surface area contributed by atoms with Crippen LogP contribution in [0.2, 0.25) is 0 Å². The number of carbonyl (C=O) groups is 1. The zero-order chi connectivity index (χ0) is 16.9. The number of hydrogen-bond acceptors (Lipinski definition) is 4. The Morgan fingerprint density at radius 2 is 1.83 bits per heavy atom. The van der Waals surface area contributed by atoms with Crippen LogP contribution in [-0.2, 0) is 11.2 Å². The van der Waals surface area contributed by atoms with Crippen LogP contribution in [0.25, 0.3) is 6.08 Å². The number of thiocarbonyl (C=S) groups is 1. The fraction of sp³-hybridized carbons (Fsp3) is 0.158. The Morgan fingerprint density at radius 1 is 1.12 bits per heavy atom. The summed E-state index contributed by atoms with van der Waals surface area (Å²) in [6, 6.07) is 17.7. The predicted molar refractivity (Wildman–Crippen MR) is 103 cm³/mol. The van der Waals surface area contributed by atoms with Crippen molar-refractivity contribution in [1.29, 1.82) is 0 Å². The summed E-state index contributed by atoms with van der Waals surface area (Å²) in [5.74, 6) is 0.707. The first-order valence-corrected chi connectivity index (χ1v) is 8.84. The van der Waals surface area contributed by atoms with Crippen molar-refractivity contribution in [2.45, 2.75) is 6.42 Å². The third-order valence-corrected chi connectivity index (χ3v) is 5.14. The quantitative estimate of drug-likeness (QED) is 0.595. The van der Waals surface area contributed by atoms with Crippen LogP contribution in [0.5, 0.6) is 5.75 Å². The molecular formula is C19H17NO2S2.